The van der Waals surface area contributed by atoms with Crippen LogP contribution in [0.25, 0.3) is 0 Å². The molecule has 0 spiro atoms. The van der Waals surface area contributed by atoms with Gasteiger partial charge in [0.1, 0.15) is 6.61 Å². The predicted molar refractivity (Wildman–Crippen MR) is 112 cm³/mol. The van der Waals surface area contributed by atoms with E-state index < -0.39 is 5.97 Å². The van der Waals surface area contributed by atoms with E-state index in [2.05, 4.69) is 24.1 Å². The van der Waals surface area contributed by atoms with Crippen LogP contribution >= 0.6 is 23.2 Å². The average molecular weight is 410 g/mol. The van der Waals surface area contributed by atoms with E-state index in [4.69, 9.17) is 33.7 Å². The van der Waals surface area contributed by atoms with Crippen molar-refractivity contribution in [1.29, 1.82) is 0 Å². The maximum Gasteiger partial charge on any atom is 0.340 e. The number of esters is 1. The molecule has 0 heterocycles. The van der Waals surface area contributed by atoms with Gasteiger partial charge in [-0.1, -0.05) is 55.2 Å². The minimum Gasteiger partial charge on any atom is -0.461 e. The monoisotopic (exact) mass is 409 g/mol. The number of benzene rings is 2. The second kappa shape index (κ2) is 10.5. The lowest BCUT2D eigenvalue weighted by Crippen LogP contribution is -2.28. The van der Waals surface area contributed by atoms with Crippen LogP contribution in [0.4, 0.5) is 11.4 Å². The number of hydrogen-bond donors (Lipinski definition) is 2. The molecule has 0 aromatic heterocycles. The Bertz CT molecular complexity index is 780. The van der Waals surface area contributed by atoms with E-state index in [1.54, 1.807) is 30.3 Å². The first-order chi connectivity index (χ1) is 13.0. The number of nitrogens with one attached hydrogen (secondary N) is 1. The van der Waals surface area contributed by atoms with Crippen molar-refractivity contribution >= 4 is 40.5 Å². The van der Waals surface area contributed by atoms with Crippen molar-refractivity contribution in [1.82, 2.24) is 4.90 Å². The van der Waals surface area contributed by atoms with Gasteiger partial charge in [-0.15, -0.1) is 0 Å². The van der Waals surface area contributed by atoms with E-state index >= 15 is 0 Å². The van der Waals surface area contributed by atoms with Gasteiger partial charge in [0, 0.05) is 13.1 Å². The molecule has 146 valence electrons. The lowest BCUT2D eigenvalue weighted by atomic mass is 10.1. The zero-order valence-electron chi connectivity index (χ0n) is 15.6. The molecule has 0 aliphatic rings. The van der Waals surface area contributed by atoms with E-state index in [-0.39, 0.29) is 0 Å². The number of carbonyl (C=O) groups is 1. The summed E-state index contributed by atoms with van der Waals surface area (Å²) in [5, 5.41) is 4.04. The highest BCUT2D eigenvalue weighted by molar-refractivity contribution is 6.39. The first-order valence-corrected chi connectivity index (χ1v) is 9.69. The van der Waals surface area contributed by atoms with Gasteiger partial charge in [0.25, 0.3) is 0 Å². The molecule has 0 unspecified atom stereocenters. The normalized spacial score (nSPS) is 10.9. The highest BCUT2D eigenvalue weighted by Gasteiger charge is 2.16. The van der Waals surface area contributed by atoms with E-state index in [1.165, 1.54) is 0 Å². The standard InChI is InChI=1S/C20H25Cl2N3O2/c1-3-25(4-2)11-12-27-20(26)15-7-5-6-8-17(15)24-19-16(21)10-9-14(13-23)18(19)22/h5-10,24H,3-4,11-13,23H2,1-2H3. The SMILES string of the molecule is CCN(CC)CCOC(=O)c1ccccc1Nc1c(Cl)ccc(CN)c1Cl. The fourth-order valence-electron chi connectivity index (χ4n) is 2.66. The van der Waals surface area contributed by atoms with Gasteiger partial charge in [-0.3, -0.25) is 0 Å². The Balaban J connectivity index is 2.18. The molecule has 2 rings (SSSR count). The van der Waals surface area contributed by atoms with Gasteiger partial charge in [0.05, 0.1) is 27.0 Å². The lowest BCUT2D eigenvalue weighted by Gasteiger charge is -2.18. The van der Waals surface area contributed by atoms with Crippen molar-refractivity contribution < 1.29 is 9.53 Å². The number of para-hydroxylation sites is 1. The summed E-state index contributed by atoms with van der Waals surface area (Å²) >= 11 is 12.7. The van der Waals surface area contributed by atoms with Gasteiger partial charge in [-0.05, 0) is 36.9 Å². The second-order valence-electron chi connectivity index (χ2n) is 5.93. The van der Waals surface area contributed by atoms with Gasteiger partial charge in [0.2, 0.25) is 0 Å². The molecule has 3 N–H and O–H groups in total. The fourth-order valence-corrected chi connectivity index (χ4v) is 3.20. The van der Waals surface area contributed by atoms with Crippen molar-refractivity contribution in [3.63, 3.8) is 0 Å². The number of halogens is 2. The number of nitrogens with two attached hydrogens (primary N) is 1. The smallest absolute Gasteiger partial charge is 0.340 e. The molecule has 0 atom stereocenters. The summed E-state index contributed by atoms with van der Waals surface area (Å²) in [5.74, 6) is -0.396. The number of likely N-dealkylation sites (N-methyl/N-ethyl adjacent to an activating group) is 1. The predicted octanol–water partition coefficient (Wildman–Crippen LogP) is 4.69. The van der Waals surface area contributed by atoms with Crippen molar-refractivity contribution in [3.05, 3.63) is 57.6 Å². The first-order valence-electron chi connectivity index (χ1n) is 8.94. The maximum atomic E-state index is 12.5. The molecular formula is C20H25Cl2N3O2. The summed E-state index contributed by atoms with van der Waals surface area (Å²) in [7, 11) is 0. The van der Waals surface area contributed by atoms with Crippen molar-refractivity contribution in [3.8, 4) is 0 Å². The zero-order valence-corrected chi connectivity index (χ0v) is 17.1. The molecule has 0 saturated carbocycles. The van der Waals surface area contributed by atoms with Crippen LogP contribution in [-0.4, -0.2) is 37.1 Å². The largest absolute Gasteiger partial charge is 0.461 e. The molecule has 2 aromatic carbocycles. The number of ether oxygens (including phenoxy) is 1. The van der Waals surface area contributed by atoms with E-state index in [9.17, 15) is 4.79 Å². The number of anilines is 2. The Morgan fingerprint density at radius 2 is 1.85 bits per heavy atom. The van der Waals surface area contributed by atoms with Gasteiger partial charge in [0.15, 0.2) is 0 Å². The average Bonchev–Trinajstić information content (AvgIpc) is 2.68. The third kappa shape index (κ3) is 5.59. The molecule has 5 nitrogen and oxygen atoms in total. The number of nitrogens with zero attached hydrogens (tertiary/aromatic N) is 1. The summed E-state index contributed by atoms with van der Waals surface area (Å²) < 4.78 is 5.44. The van der Waals surface area contributed by atoms with Crippen LogP contribution in [0.15, 0.2) is 36.4 Å². The third-order valence-corrected chi connectivity index (χ3v) is 5.08. The van der Waals surface area contributed by atoms with Gasteiger partial charge in [-0.2, -0.15) is 0 Å². The molecule has 0 aliphatic heterocycles. The summed E-state index contributed by atoms with van der Waals surface area (Å²) in [5.41, 5.74) is 7.99. The first kappa shape index (κ1) is 21.5. The van der Waals surface area contributed by atoms with Crippen LogP contribution in [0.2, 0.25) is 10.0 Å². The molecular weight excluding hydrogens is 385 g/mol. The van der Waals surface area contributed by atoms with E-state index in [0.717, 1.165) is 18.7 Å². The maximum absolute atomic E-state index is 12.5. The van der Waals surface area contributed by atoms with Gasteiger partial charge >= 0.3 is 5.97 Å². The molecule has 0 bridgehead atoms. The molecule has 27 heavy (non-hydrogen) atoms. The van der Waals surface area contributed by atoms with Crippen LogP contribution in [0.3, 0.4) is 0 Å². The Morgan fingerprint density at radius 1 is 1.15 bits per heavy atom. The number of carbonyl (C=O) groups excluding carboxylic acids is 1. The Kier molecular flexibility index (Phi) is 8.38. The minimum atomic E-state index is -0.396. The van der Waals surface area contributed by atoms with Gasteiger partial charge in [-0.25, -0.2) is 4.79 Å². The second-order valence-corrected chi connectivity index (χ2v) is 6.72. The highest BCUT2D eigenvalue weighted by Crippen LogP contribution is 2.36. The summed E-state index contributed by atoms with van der Waals surface area (Å²) in [6.45, 7) is 7.31. The molecule has 0 saturated heterocycles. The molecule has 0 amide bonds. The van der Waals surface area contributed by atoms with Crippen molar-refractivity contribution in [2.24, 2.45) is 5.73 Å². The van der Waals surface area contributed by atoms with E-state index in [0.29, 0.717) is 46.7 Å². The van der Waals surface area contributed by atoms with Crippen LogP contribution in [0.1, 0.15) is 29.8 Å². The fraction of sp³-hybridized carbons (Fsp3) is 0.350. The quantitative estimate of drug-likeness (QED) is 0.587. The highest BCUT2D eigenvalue weighted by atomic mass is 35.5. The van der Waals surface area contributed by atoms with Crippen molar-refractivity contribution in [2.45, 2.75) is 20.4 Å². The summed E-state index contributed by atoms with van der Waals surface area (Å²) in [6.07, 6.45) is 0. The minimum absolute atomic E-state index is 0.291. The summed E-state index contributed by atoms with van der Waals surface area (Å²) in [4.78, 5) is 14.7. The molecule has 7 heteroatoms. The van der Waals surface area contributed by atoms with Crippen LogP contribution < -0.4 is 11.1 Å². The molecule has 0 radical (unpaired) electrons. The Morgan fingerprint density at radius 3 is 2.52 bits per heavy atom. The zero-order chi connectivity index (χ0) is 19.8. The topological polar surface area (TPSA) is 67.6 Å². The summed E-state index contributed by atoms with van der Waals surface area (Å²) in [6, 6.07) is 10.6. The molecule has 0 fully saturated rings. The number of hydrogen-bond acceptors (Lipinski definition) is 5. The lowest BCUT2D eigenvalue weighted by molar-refractivity contribution is 0.0467. The Hall–Kier alpha value is -1.79. The van der Waals surface area contributed by atoms with Crippen LogP contribution in [-0.2, 0) is 11.3 Å². The Labute approximate surface area is 170 Å². The van der Waals surface area contributed by atoms with Gasteiger partial charge < -0.3 is 20.7 Å². The third-order valence-electron chi connectivity index (χ3n) is 4.33. The number of rotatable bonds is 9. The van der Waals surface area contributed by atoms with E-state index in [1.807, 2.05) is 6.07 Å². The molecule has 2 aromatic rings. The molecule has 0 aliphatic carbocycles. The van der Waals surface area contributed by atoms with Crippen LogP contribution in [0.5, 0.6) is 0 Å². The van der Waals surface area contributed by atoms with Crippen LogP contribution in [0, 0.1) is 0 Å². The van der Waals surface area contributed by atoms with Crippen molar-refractivity contribution in [2.75, 3.05) is 31.6 Å².